The van der Waals surface area contributed by atoms with Gasteiger partial charge in [0, 0.05) is 24.9 Å². The molecule has 1 fully saturated rings. The summed E-state index contributed by atoms with van der Waals surface area (Å²) in [4.78, 5) is 38.5. The maximum Gasteiger partial charge on any atom is 0.329 e. The maximum atomic E-state index is 13.0. The van der Waals surface area contributed by atoms with Gasteiger partial charge in [-0.3, -0.25) is 14.2 Å². The van der Waals surface area contributed by atoms with Gasteiger partial charge in [0.2, 0.25) is 5.91 Å². The average molecular weight is 404 g/mol. The minimum absolute atomic E-state index is 0.123. The Bertz CT molecular complexity index is 1190. The Morgan fingerprint density at radius 3 is 2.47 bits per heavy atom. The third-order valence-electron chi connectivity index (χ3n) is 5.27. The summed E-state index contributed by atoms with van der Waals surface area (Å²) >= 11 is 0. The summed E-state index contributed by atoms with van der Waals surface area (Å²) < 4.78 is 1.55. The number of benzene rings is 2. The van der Waals surface area contributed by atoms with E-state index >= 15 is 0 Å². The third-order valence-corrected chi connectivity index (χ3v) is 5.27. The lowest BCUT2D eigenvalue weighted by Crippen LogP contribution is -2.32. The Balaban J connectivity index is 1.61. The second kappa shape index (κ2) is 7.47. The number of nitrogens with one attached hydrogen (secondary N) is 1. The predicted octanol–water partition coefficient (Wildman–Crippen LogP) is 3.17. The zero-order chi connectivity index (χ0) is 21.4. The van der Waals surface area contributed by atoms with E-state index in [9.17, 15) is 14.4 Å². The van der Waals surface area contributed by atoms with Gasteiger partial charge in [0.15, 0.2) is 0 Å². The molecule has 30 heavy (non-hydrogen) atoms. The fourth-order valence-corrected chi connectivity index (χ4v) is 3.72. The number of urea groups is 1. The highest BCUT2D eigenvalue weighted by molar-refractivity contribution is 6.21. The molecule has 0 radical (unpaired) electrons. The number of amides is 3. The molecule has 3 amide bonds. The van der Waals surface area contributed by atoms with Crippen LogP contribution in [0.15, 0.2) is 59.9 Å². The van der Waals surface area contributed by atoms with E-state index in [0.29, 0.717) is 17.0 Å². The molecule has 152 valence electrons. The minimum atomic E-state index is -0.732. The van der Waals surface area contributed by atoms with Gasteiger partial charge in [-0.1, -0.05) is 35.5 Å². The molecule has 2 N–H and O–H groups in total. The lowest BCUT2D eigenvalue weighted by Gasteiger charge is -2.13. The molecule has 1 aliphatic heterocycles. The largest absolute Gasteiger partial charge is 0.411 e. The van der Waals surface area contributed by atoms with Crippen LogP contribution in [0.4, 0.5) is 10.5 Å². The van der Waals surface area contributed by atoms with E-state index in [1.165, 1.54) is 6.92 Å². The first-order valence-corrected chi connectivity index (χ1v) is 9.44. The van der Waals surface area contributed by atoms with Crippen molar-refractivity contribution in [2.75, 3.05) is 4.90 Å². The number of imide groups is 1. The van der Waals surface area contributed by atoms with Crippen LogP contribution in [0.3, 0.4) is 0 Å². The molecule has 2 aromatic carbocycles. The van der Waals surface area contributed by atoms with Crippen molar-refractivity contribution in [3.8, 4) is 0 Å². The Morgan fingerprint density at radius 2 is 1.80 bits per heavy atom. The number of para-hydroxylation sites is 1. The number of rotatable bonds is 4. The fraction of sp³-hybridized carbons (Fsp3) is 0.182. The van der Waals surface area contributed by atoms with E-state index in [1.807, 2.05) is 24.3 Å². The van der Waals surface area contributed by atoms with E-state index in [2.05, 4.69) is 10.5 Å². The molecule has 3 aromatic rings. The highest BCUT2D eigenvalue weighted by Crippen LogP contribution is 2.26. The highest BCUT2D eigenvalue weighted by Gasteiger charge is 2.39. The van der Waals surface area contributed by atoms with Crippen molar-refractivity contribution in [1.82, 2.24) is 9.88 Å². The Hall–Kier alpha value is -3.94. The Morgan fingerprint density at radius 1 is 1.10 bits per heavy atom. The molecule has 0 bridgehead atoms. The molecule has 8 heteroatoms. The zero-order valence-electron chi connectivity index (χ0n) is 16.5. The highest BCUT2D eigenvalue weighted by atomic mass is 16.4. The molecule has 1 atom stereocenters. The van der Waals surface area contributed by atoms with E-state index in [4.69, 9.17) is 5.21 Å². The summed E-state index contributed by atoms with van der Waals surface area (Å²) in [5, 5.41) is 15.6. The van der Waals surface area contributed by atoms with Gasteiger partial charge in [-0.15, -0.1) is 0 Å². The summed E-state index contributed by atoms with van der Waals surface area (Å²) in [5.41, 5.74) is 3.12. The number of anilines is 1. The summed E-state index contributed by atoms with van der Waals surface area (Å²) in [7, 11) is 0. The molecular weight excluding hydrogens is 384 g/mol. The van der Waals surface area contributed by atoms with Crippen molar-refractivity contribution in [3.05, 3.63) is 65.9 Å². The molecule has 0 saturated carbocycles. The van der Waals surface area contributed by atoms with Gasteiger partial charge < -0.3 is 10.5 Å². The number of carbonyl (C=O) groups excluding carboxylic acids is 3. The standard InChI is InChI=1S/C22H20N4O4/c1-13(24-30)15-7-9-17(10-8-15)26-21(28)19(23-22(26)29)11-16-12-25(14(2)27)20-6-4-3-5-18(16)20/h3-10,12,19,30H,11H2,1-2H3,(H,23,29). The molecule has 2 heterocycles. The number of oxime groups is 1. The second-order valence-electron chi connectivity index (χ2n) is 7.17. The van der Waals surface area contributed by atoms with Crippen LogP contribution in [0.5, 0.6) is 0 Å². The van der Waals surface area contributed by atoms with E-state index in [0.717, 1.165) is 21.4 Å². The zero-order valence-corrected chi connectivity index (χ0v) is 16.5. The Kier molecular flexibility index (Phi) is 4.83. The first-order valence-electron chi connectivity index (χ1n) is 9.44. The van der Waals surface area contributed by atoms with Crippen LogP contribution in [0, 0.1) is 0 Å². The number of hydrogen-bond acceptors (Lipinski definition) is 5. The fourth-order valence-electron chi connectivity index (χ4n) is 3.72. The minimum Gasteiger partial charge on any atom is -0.411 e. The van der Waals surface area contributed by atoms with Crippen molar-refractivity contribution < 1.29 is 19.6 Å². The normalized spacial score (nSPS) is 16.9. The smallest absolute Gasteiger partial charge is 0.329 e. The molecule has 0 spiro atoms. The van der Waals surface area contributed by atoms with Gasteiger partial charge in [-0.25, -0.2) is 9.69 Å². The number of fused-ring (bicyclic) bond motifs is 1. The third kappa shape index (κ3) is 3.22. The summed E-state index contributed by atoms with van der Waals surface area (Å²) in [6.45, 7) is 3.13. The van der Waals surface area contributed by atoms with Crippen molar-refractivity contribution >= 4 is 40.1 Å². The SMILES string of the molecule is CC(=O)n1cc(CC2NC(=O)N(c3ccc(C(C)=NO)cc3)C2=O)c2ccccc21. The van der Waals surface area contributed by atoms with Gasteiger partial charge >= 0.3 is 6.03 Å². The van der Waals surface area contributed by atoms with Crippen LogP contribution in [0.25, 0.3) is 10.9 Å². The predicted molar refractivity (Wildman–Crippen MR) is 112 cm³/mol. The van der Waals surface area contributed by atoms with Crippen LogP contribution < -0.4 is 10.2 Å². The molecule has 4 rings (SSSR count). The summed E-state index contributed by atoms with van der Waals surface area (Å²) in [6, 6.07) is 12.9. The quantitative estimate of drug-likeness (QED) is 0.302. The van der Waals surface area contributed by atoms with Gasteiger partial charge in [0.25, 0.3) is 5.91 Å². The second-order valence-corrected chi connectivity index (χ2v) is 7.17. The van der Waals surface area contributed by atoms with E-state index in [1.54, 1.807) is 42.0 Å². The van der Waals surface area contributed by atoms with Gasteiger partial charge in [-0.2, -0.15) is 0 Å². The molecule has 1 saturated heterocycles. The van der Waals surface area contributed by atoms with Gasteiger partial charge in [0.05, 0.1) is 16.9 Å². The van der Waals surface area contributed by atoms with Crippen LogP contribution in [-0.2, 0) is 11.2 Å². The lowest BCUT2D eigenvalue weighted by molar-refractivity contribution is -0.118. The topological polar surface area (TPSA) is 104 Å². The van der Waals surface area contributed by atoms with E-state index < -0.39 is 12.1 Å². The number of nitrogens with zero attached hydrogens (tertiary/aromatic N) is 3. The van der Waals surface area contributed by atoms with Crippen molar-refractivity contribution in [2.24, 2.45) is 5.16 Å². The number of hydrogen-bond donors (Lipinski definition) is 2. The molecule has 1 unspecified atom stereocenters. The molecular formula is C22H20N4O4. The van der Waals surface area contributed by atoms with Crippen molar-refractivity contribution in [1.29, 1.82) is 0 Å². The molecule has 8 nitrogen and oxygen atoms in total. The first-order chi connectivity index (χ1) is 14.4. The van der Waals surface area contributed by atoms with Crippen molar-refractivity contribution in [3.63, 3.8) is 0 Å². The van der Waals surface area contributed by atoms with Crippen LogP contribution >= 0.6 is 0 Å². The maximum absolute atomic E-state index is 13.0. The molecule has 0 aliphatic carbocycles. The van der Waals surface area contributed by atoms with Crippen LogP contribution in [-0.4, -0.2) is 39.4 Å². The lowest BCUT2D eigenvalue weighted by atomic mass is 10.0. The van der Waals surface area contributed by atoms with Gasteiger partial charge in [-0.05, 0) is 36.2 Å². The molecule has 1 aromatic heterocycles. The van der Waals surface area contributed by atoms with Crippen molar-refractivity contribution in [2.45, 2.75) is 26.3 Å². The Labute approximate surface area is 172 Å². The summed E-state index contributed by atoms with van der Waals surface area (Å²) in [5.74, 6) is -0.484. The van der Waals surface area contributed by atoms with E-state index in [-0.39, 0.29) is 18.2 Å². The van der Waals surface area contributed by atoms with Gasteiger partial charge in [0.1, 0.15) is 6.04 Å². The molecule has 1 aliphatic rings. The average Bonchev–Trinajstić information content (AvgIpc) is 3.25. The van der Waals surface area contributed by atoms with Crippen LogP contribution in [0.1, 0.15) is 29.8 Å². The number of aromatic nitrogens is 1. The number of carbonyl (C=O) groups is 3. The summed E-state index contributed by atoms with van der Waals surface area (Å²) in [6.07, 6.45) is 2.00. The monoisotopic (exact) mass is 404 g/mol. The first kappa shape index (κ1) is 19.4. The van der Waals surface area contributed by atoms with Crippen LogP contribution in [0.2, 0.25) is 0 Å².